The van der Waals surface area contributed by atoms with Crippen molar-refractivity contribution < 1.29 is 55.7 Å². The van der Waals surface area contributed by atoms with Crippen LogP contribution < -0.4 is 4.74 Å². The number of carbonyl (C=O) groups is 3. The number of rotatable bonds is 3. The molecule has 0 bridgehead atoms. The van der Waals surface area contributed by atoms with Gasteiger partial charge < -0.3 is 19.8 Å². The van der Waals surface area contributed by atoms with Crippen molar-refractivity contribution in [1.29, 1.82) is 0 Å². The van der Waals surface area contributed by atoms with E-state index in [1.54, 1.807) is 12.4 Å². The zero-order valence-corrected chi connectivity index (χ0v) is 21.5. The third-order valence-corrected chi connectivity index (χ3v) is 7.26. The Hall–Kier alpha value is -4.08. The summed E-state index contributed by atoms with van der Waals surface area (Å²) in [7, 11) is 0. The maximum Gasteiger partial charge on any atom is 0.490 e. The minimum absolute atomic E-state index is 0.0982. The van der Waals surface area contributed by atoms with Gasteiger partial charge in [0.05, 0.1) is 10.3 Å². The van der Waals surface area contributed by atoms with Crippen molar-refractivity contribution in [3.8, 4) is 5.88 Å². The van der Waals surface area contributed by atoms with Crippen molar-refractivity contribution in [2.24, 2.45) is 0 Å². The lowest BCUT2D eigenvalue weighted by Crippen LogP contribution is -2.60. The van der Waals surface area contributed by atoms with Gasteiger partial charge in [-0.05, 0) is 30.3 Å². The fraction of sp³-hybridized carbons (Fsp3) is 0.320. The van der Waals surface area contributed by atoms with E-state index >= 15 is 0 Å². The fourth-order valence-corrected chi connectivity index (χ4v) is 5.39. The third kappa shape index (κ3) is 8.70. The molecule has 2 N–H and O–H groups in total. The van der Waals surface area contributed by atoms with Crippen LogP contribution in [0.25, 0.3) is 10.9 Å². The minimum atomic E-state index is -5.08. The molecule has 16 heteroatoms. The number of fused-ring (bicyclic) bond motifs is 1. The number of benzene rings is 1. The summed E-state index contributed by atoms with van der Waals surface area (Å²) in [4.78, 5) is 41.1. The molecule has 1 spiro atoms. The third-order valence-electron chi connectivity index (χ3n) is 5.68. The Labute approximate surface area is 232 Å². The Bertz CT molecular complexity index is 1360. The topological polar surface area (TPSA) is 130 Å². The van der Waals surface area contributed by atoms with Crippen LogP contribution in [-0.4, -0.2) is 85.0 Å². The van der Waals surface area contributed by atoms with Crippen molar-refractivity contribution in [2.45, 2.75) is 29.6 Å². The molecule has 2 aromatic heterocycles. The SMILES string of the molecule is O=C(O)C(F)(F)F.O=C(O)C(F)(F)F.O=C(c1ccc2ncccc2c1)N1CC2(CC(Oc3ccccn3)CS2)C1. The van der Waals surface area contributed by atoms with Crippen LogP contribution in [0.2, 0.25) is 0 Å². The van der Waals surface area contributed by atoms with Crippen LogP contribution in [0.15, 0.2) is 60.9 Å². The molecule has 2 aliphatic heterocycles. The molecule has 0 aliphatic carbocycles. The maximum absolute atomic E-state index is 12.8. The summed E-state index contributed by atoms with van der Waals surface area (Å²) in [5.41, 5.74) is 1.64. The summed E-state index contributed by atoms with van der Waals surface area (Å²) in [5.74, 6) is -3.79. The van der Waals surface area contributed by atoms with E-state index in [9.17, 15) is 31.1 Å². The molecule has 3 aromatic rings. The van der Waals surface area contributed by atoms with Crippen LogP contribution in [-0.2, 0) is 9.59 Å². The van der Waals surface area contributed by atoms with Gasteiger partial charge in [-0.25, -0.2) is 14.6 Å². The van der Waals surface area contributed by atoms with Gasteiger partial charge in [0.1, 0.15) is 6.10 Å². The van der Waals surface area contributed by atoms with Crippen LogP contribution in [0.5, 0.6) is 5.88 Å². The number of likely N-dealkylation sites (tertiary alicyclic amines) is 1. The monoisotopic (exact) mass is 605 g/mol. The molecule has 1 atom stereocenters. The number of carboxylic acid groups (broad SMARTS) is 2. The lowest BCUT2D eigenvalue weighted by atomic mass is 9.92. The molecule has 2 aliphatic rings. The first-order chi connectivity index (χ1) is 19.1. The van der Waals surface area contributed by atoms with Gasteiger partial charge in [0.2, 0.25) is 5.88 Å². The molecule has 41 heavy (non-hydrogen) atoms. The number of pyridine rings is 2. The number of hydrogen-bond acceptors (Lipinski definition) is 7. The van der Waals surface area contributed by atoms with Crippen LogP contribution in [0, 0.1) is 0 Å². The molecule has 1 aromatic carbocycles. The van der Waals surface area contributed by atoms with Crippen molar-refractivity contribution in [3.63, 3.8) is 0 Å². The molecule has 1 unspecified atom stereocenters. The van der Waals surface area contributed by atoms with E-state index in [2.05, 4.69) is 9.97 Å². The van der Waals surface area contributed by atoms with Gasteiger partial charge in [-0.2, -0.15) is 26.3 Å². The number of thioether (sulfide) groups is 1. The highest BCUT2D eigenvalue weighted by molar-refractivity contribution is 8.01. The molecule has 2 fully saturated rings. The van der Waals surface area contributed by atoms with Crippen molar-refractivity contribution in [1.82, 2.24) is 14.9 Å². The zero-order valence-electron chi connectivity index (χ0n) is 20.7. The summed E-state index contributed by atoms with van der Waals surface area (Å²) in [6, 6.07) is 15.3. The van der Waals surface area contributed by atoms with Gasteiger partial charge in [0.25, 0.3) is 5.91 Å². The summed E-state index contributed by atoms with van der Waals surface area (Å²) in [6.07, 6.45) is -5.53. The molecule has 0 saturated carbocycles. The number of aromatic nitrogens is 2. The number of ether oxygens (including phenoxy) is 1. The van der Waals surface area contributed by atoms with Crippen LogP contribution >= 0.6 is 11.8 Å². The Kier molecular flexibility index (Phi) is 9.68. The molecule has 9 nitrogen and oxygen atoms in total. The first kappa shape index (κ1) is 31.4. The number of aliphatic carboxylic acids is 2. The predicted molar refractivity (Wildman–Crippen MR) is 133 cm³/mol. The highest BCUT2D eigenvalue weighted by Crippen LogP contribution is 2.46. The molecular weight excluding hydrogens is 584 g/mol. The summed E-state index contributed by atoms with van der Waals surface area (Å²) >= 11 is 1.92. The molecular formula is C25H21F6N3O6S. The predicted octanol–water partition coefficient (Wildman–Crippen LogP) is 4.68. The highest BCUT2D eigenvalue weighted by Gasteiger charge is 2.51. The van der Waals surface area contributed by atoms with Gasteiger partial charge in [0.15, 0.2) is 0 Å². The lowest BCUT2D eigenvalue weighted by Gasteiger charge is -2.47. The fourth-order valence-electron chi connectivity index (χ4n) is 3.87. The summed E-state index contributed by atoms with van der Waals surface area (Å²) in [5, 5.41) is 15.2. The number of hydrogen-bond donors (Lipinski definition) is 2. The number of halogens is 6. The van der Waals surface area contributed by atoms with E-state index < -0.39 is 24.3 Å². The average Bonchev–Trinajstić information content (AvgIpc) is 3.31. The Balaban J connectivity index is 0.000000276. The Morgan fingerprint density at radius 2 is 1.51 bits per heavy atom. The number of carboxylic acids is 2. The number of carbonyl (C=O) groups excluding carboxylic acids is 1. The van der Waals surface area contributed by atoms with Gasteiger partial charge in [-0.15, -0.1) is 11.8 Å². The minimum Gasteiger partial charge on any atom is -0.475 e. The first-order valence-corrected chi connectivity index (χ1v) is 12.5. The Morgan fingerprint density at radius 1 is 0.902 bits per heavy atom. The maximum atomic E-state index is 12.8. The largest absolute Gasteiger partial charge is 0.490 e. The highest BCUT2D eigenvalue weighted by atomic mass is 32.2. The van der Waals surface area contributed by atoms with Gasteiger partial charge in [0, 0.05) is 54.7 Å². The van der Waals surface area contributed by atoms with E-state index in [0.717, 1.165) is 41.7 Å². The van der Waals surface area contributed by atoms with E-state index in [1.807, 2.05) is 65.2 Å². The van der Waals surface area contributed by atoms with Crippen LogP contribution in [0.1, 0.15) is 16.8 Å². The molecule has 220 valence electrons. The van der Waals surface area contributed by atoms with Crippen LogP contribution in [0.4, 0.5) is 26.3 Å². The van der Waals surface area contributed by atoms with Crippen molar-refractivity contribution in [2.75, 3.05) is 18.8 Å². The quantitative estimate of drug-likeness (QED) is 0.409. The van der Waals surface area contributed by atoms with E-state index in [4.69, 9.17) is 24.5 Å². The lowest BCUT2D eigenvalue weighted by molar-refractivity contribution is -0.193. The van der Waals surface area contributed by atoms with E-state index in [1.165, 1.54) is 0 Å². The van der Waals surface area contributed by atoms with E-state index in [0.29, 0.717) is 5.88 Å². The average molecular weight is 606 g/mol. The number of nitrogens with zero attached hydrogens (tertiary/aromatic N) is 3. The second kappa shape index (κ2) is 12.6. The standard InChI is InChI=1S/C21H19N3O2S.2C2HF3O2/c25-20(16-6-7-18-15(10-16)4-3-9-22-18)24-13-21(14-24)11-17(12-27-21)26-19-5-1-2-8-23-19;2*3-2(4,5)1(6)7/h1-10,17H,11-14H2;2*(H,6,7). The summed E-state index contributed by atoms with van der Waals surface area (Å²) < 4.78 is 69.6. The molecule has 2 saturated heterocycles. The number of amides is 1. The van der Waals surface area contributed by atoms with Gasteiger partial charge in [-0.1, -0.05) is 12.1 Å². The number of alkyl halides is 6. The zero-order chi connectivity index (χ0) is 30.4. The van der Waals surface area contributed by atoms with Crippen molar-refractivity contribution >= 4 is 40.5 Å². The molecule has 4 heterocycles. The molecule has 0 radical (unpaired) electrons. The van der Waals surface area contributed by atoms with Gasteiger partial charge in [-0.3, -0.25) is 9.78 Å². The van der Waals surface area contributed by atoms with Gasteiger partial charge >= 0.3 is 24.3 Å². The van der Waals surface area contributed by atoms with Crippen LogP contribution in [0.3, 0.4) is 0 Å². The Morgan fingerprint density at radius 3 is 2.07 bits per heavy atom. The molecule has 1 amide bonds. The normalized spacial score (nSPS) is 17.4. The van der Waals surface area contributed by atoms with Crippen molar-refractivity contribution in [3.05, 3.63) is 66.5 Å². The smallest absolute Gasteiger partial charge is 0.475 e. The molecule has 5 rings (SSSR count). The second-order valence-electron chi connectivity index (χ2n) is 8.78. The second-order valence-corrected chi connectivity index (χ2v) is 10.3. The van der Waals surface area contributed by atoms with E-state index in [-0.39, 0.29) is 16.8 Å². The summed E-state index contributed by atoms with van der Waals surface area (Å²) in [6.45, 7) is 1.56. The first-order valence-electron chi connectivity index (χ1n) is 11.6.